The molecule has 142 valence electrons. The van der Waals surface area contributed by atoms with Gasteiger partial charge in [0.1, 0.15) is 12.3 Å². The van der Waals surface area contributed by atoms with Crippen molar-refractivity contribution in [2.24, 2.45) is 5.92 Å². The van der Waals surface area contributed by atoms with Crippen LogP contribution in [0.3, 0.4) is 0 Å². The van der Waals surface area contributed by atoms with Gasteiger partial charge in [-0.15, -0.1) is 0 Å². The molecule has 0 fully saturated rings. The average molecular weight is 377 g/mol. The molecule has 1 atom stereocenters. The normalized spacial score (nSPS) is 12.0. The van der Waals surface area contributed by atoms with Gasteiger partial charge in [0.15, 0.2) is 10.6 Å². The number of aromatic amines is 1. The Kier molecular flexibility index (Phi) is 7.84. The fourth-order valence-corrected chi connectivity index (χ4v) is 3.02. The first-order chi connectivity index (χ1) is 12.6. The third-order valence-electron chi connectivity index (χ3n) is 4.54. The van der Waals surface area contributed by atoms with Gasteiger partial charge < -0.3 is 10.1 Å². The molecule has 0 radical (unpaired) electrons. The largest absolute Gasteiger partial charge is 0.497 e. The molecule has 0 bridgehead atoms. The number of carbonyl (C=O) groups is 1. The van der Waals surface area contributed by atoms with Crippen molar-refractivity contribution in [1.82, 2.24) is 20.1 Å². The molecule has 0 saturated carbocycles. The Balaban J connectivity index is 2.03. The maximum Gasteiger partial charge on any atom is 0.240 e. The number of methoxy groups -OCH3 is 1. The lowest BCUT2D eigenvalue weighted by molar-refractivity contribution is -0.121. The first-order valence-corrected chi connectivity index (χ1v) is 9.56. The Morgan fingerprint density at radius 2 is 2.08 bits per heavy atom. The topological polar surface area (TPSA) is 71.9 Å². The zero-order valence-electron chi connectivity index (χ0n) is 15.7. The lowest BCUT2D eigenvalue weighted by Gasteiger charge is -2.15. The van der Waals surface area contributed by atoms with E-state index in [1.165, 1.54) is 12.8 Å². The highest BCUT2D eigenvalue weighted by atomic mass is 32.1. The summed E-state index contributed by atoms with van der Waals surface area (Å²) in [5.41, 5.74) is 0.875. The number of aromatic nitrogens is 3. The van der Waals surface area contributed by atoms with E-state index in [1.54, 1.807) is 11.7 Å². The molecule has 2 N–H and O–H groups in total. The van der Waals surface area contributed by atoms with Gasteiger partial charge >= 0.3 is 0 Å². The quantitative estimate of drug-likeness (QED) is 0.616. The van der Waals surface area contributed by atoms with Crippen molar-refractivity contribution in [2.45, 2.75) is 46.1 Å². The number of hydrogen-bond donors (Lipinski definition) is 2. The summed E-state index contributed by atoms with van der Waals surface area (Å²) in [6, 6.07) is 7.51. The van der Waals surface area contributed by atoms with Crippen LogP contribution in [-0.4, -0.2) is 34.3 Å². The summed E-state index contributed by atoms with van der Waals surface area (Å²) in [5.74, 6) is 1.89. The van der Waals surface area contributed by atoms with Crippen LogP contribution in [-0.2, 0) is 11.3 Å². The van der Waals surface area contributed by atoms with Gasteiger partial charge in [-0.05, 0) is 48.8 Å². The molecule has 0 aliphatic carbocycles. The molecule has 0 spiro atoms. The Morgan fingerprint density at radius 3 is 2.69 bits per heavy atom. The minimum Gasteiger partial charge on any atom is -0.497 e. The molecule has 6 nitrogen and oxygen atoms in total. The van der Waals surface area contributed by atoms with Crippen LogP contribution in [0.1, 0.15) is 39.5 Å². The number of nitrogens with one attached hydrogen (secondary N) is 2. The highest BCUT2D eigenvalue weighted by Gasteiger charge is 2.14. The van der Waals surface area contributed by atoms with Crippen LogP contribution >= 0.6 is 12.2 Å². The fraction of sp³-hybridized carbons (Fsp3) is 0.526. The van der Waals surface area contributed by atoms with Gasteiger partial charge in [0.05, 0.1) is 7.11 Å². The third-order valence-corrected chi connectivity index (χ3v) is 4.85. The van der Waals surface area contributed by atoms with Gasteiger partial charge in [0, 0.05) is 12.1 Å². The summed E-state index contributed by atoms with van der Waals surface area (Å²) in [7, 11) is 1.62. The average Bonchev–Trinajstić information content (AvgIpc) is 3.02. The second kappa shape index (κ2) is 10.1. The van der Waals surface area contributed by atoms with E-state index in [4.69, 9.17) is 17.0 Å². The number of rotatable bonds is 10. The monoisotopic (exact) mass is 376 g/mol. The van der Waals surface area contributed by atoms with Gasteiger partial charge in [0.25, 0.3) is 0 Å². The van der Waals surface area contributed by atoms with Crippen LogP contribution in [0.15, 0.2) is 24.3 Å². The summed E-state index contributed by atoms with van der Waals surface area (Å²) >= 11 is 5.30. The van der Waals surface area contributed by atoms with Crippen LogP contribution in [0, 0.1) is 10.7 Å². The molecule has 26 heavy (non-hydrogen) atoms. The first-order valence-electron chi connectivity index (χ1n) is 9.15. The minimum atomic E-state index is -0.0489. The predicted octanol–water partition coefficient (Wildman–Crippen LogP) is 3.95. The molecule has 2 rings (SSSR count). The summed E-state index contributed by atoms with van der Waals surface area (Å²) in [6.07, 6.45) is 4.60. The molecule has 0 aliphatic rings. The van der Waals surface area contributed by atoms with Crippen LogP contribution in [0.5, 0.6) is 5.75 Å². The Hall–Kier alpha value is -2.15. The van der Waals surface area contributed by atoms with E-state index in [0.29, 0.717) is 23.1 Å². The maximum atomic E-state index is 12.4. The van der Waals surface area contributed by atoms with Crippen molar-refractivity contribution in [1.29, 1.82) is 0 Å². The Morgan fingerprint density at radius 1 is 1.35 bits per heavy atom. The van der Waals surface area contributed by atoms with Gasteiger partial charge in [-0.25, -0.2) is 0 Å². The minimum absolute atomic E-state index is 0.0489. The van der Waals surface area contributed by atoms with Gasteiger partial charge in [-0.1, -0.05) is 33.1 Å². The lowest BCUT2D eigenvalue weighted by atomic mass is 9.99. The maximum absolute atomic E-state index is 12.4. The van der Waals surface area contributed by atoms with Gasteiger partial charge in [0.2, 0.25) is 5.91 Å². The molecule has 1 heterocycles. The van der Waals surface area contributed by atoms with E-state index in [2.05, 4.69) is 29.4 Å². The van der Waals surface area contributed by atoms with E-state index >= 15 is 0 Å². The highest BCUT2D eigenvalue weighted by Crippen LogP contribution is 2.21. The molecule has 7 heteroatoms. The van der Waals surface area contributed by atoms with Crippen molar-refractivity contribution in [3.63, 3.8) is 0 Å². The standard InChI is InChI=1S/C19H28N4O2S/c1-4-6-7-14(5-2)12-20-17(24)13-23-18(21-22-19(23)26)15-8-10-16(25-3)11-9-15/h8-11,14H,4-7,12-13H2,1-3H3,(H,20,24)(H,22,26). The number of ether oxygens (including phenoxy) is 1. The van der Waals surface area contributed by atoms with Crippen molar-refractivity contribution < 1.29 is 9.53 Å². The summed E-state index contributed by atoms with van der Waals surface area (Å²) in [4.78, 5) is 12.4. The van der Waals surface area contributed by atoms with Gasteiger partial charge in [-0.2, -0.15) is 5.10 Å². The third kappa shape index (κ3) is 5.42. The SMILES string of the molecule is CCCCC(CC)CNC(=O)Cn1c(-c2ccc(OC)cc2)n[nH]c1=S. The Bertz CT molecular complexity index is 752. The molecule has 0 aliphatic heterocycles. The highest BCUT2D eigenvalue weighted by molar-refractivity contribution is 7.71. The fourth-order valence-electron chi connectivity index (χ4n) is 2.83. The second-order valence-electron chi connectivity index (χ2n) is 6.39. The van der Waals surface area contributed by atoms with E-state index in [0.717, 1.165) is 24.2 Å². The summed E-state index contributed by atoms with van der Waals surface area (Å²) in [6.45, 7) is 5.21. The molecule has 0 saturated heterocycles. The first kappa shape index (κ1) is 20.2. The van der Waals surface area contributed by atoms with Crippen LogP contribution in [0.25, 0.3) is 11.4 Å². The number of unbranched alkanes of at least 4 members (excludes halogenated alkanes) is 1. The molecular formula is C19H28N4O2S. The summed E-state index contributed by atoms with van der Waals surface area (Å²) in [5, 5.41) is 10.1. The van der Waals surface area contributed by atoms with Crippen LogP contribution in [0.4, 0.5) is 0 Å². The molecule has 1 aromatic heterocycles. The van der Waals surface area contributed by atoms with E-state index < -0.39 is 0 Å². The smallest absolute Gasteiger partial charge is 0.240 e. The zero-order chi connectivity index (χ0) is 18.9. The predicted molar refractivity (Wildman–Crippen MR) is 106 cm³/mol. The van der Waals surface area contributed by atoms with Crippen molar-refractivity contribution >= 4 is 18.1 Å². The van der Waals surface area contributed by atoms with Crippen molar-refractivity contribution in [3.05, 3.63) is 29.0 Å². The molecule has 1 aromatic carbocycles. The number of amides is 1. The van der Waals surface area contributed by atoms with Gasteiger partial charge in [-0.3, -0.25) is 14.5 Å². The number of carbonyl (C=O) groups excluding carboxylic acids is 1. The number of H-pyrrole nitrogens is 1. The number of nitrogens with zero attached hydrogens (tertiary/aromatic N) is 2. The van der Waals surface area contributed by atoms with Crippen LogP contribution < -0.4 is 10.1 Å². The molecular weight excluding hydrogens is 348 g/mol. The summed E-state index contributed by atoms with van der Waals surface area (Å²) < 4.78 is 7.33. The molecule has 2 aromatic rings. The molecule has 1 unspecified atom stereocenters. The van der Waals surface area contributed by atoms with Crippen molar-refractivity contribution in [2.75, 3.05) is 13.7 Å². The van der Waals surface area contributed by atoms with E-state index in [9.17, 15) is 4.79 Å². The van der Waals surface area contributed by atoms with Crippen molar-refractivity contribution in [3.8, 4) is 17.1 Å². The van der Waals surface area contributed by atoms with E-state index in [1.807, 2.05) is 24.3 Å². The number of hydrogen-bond acceptors (Lipinski definition) is 4. The van der Waals surface area contributed by atoms with E-state index in [-0.39, 0.29) is 12.5 Å². The van der Waals surface area contributed by atoms with Crippen LogP contribution in [0.2, 0.25) is 0 Å². The Labute approximate surface area is 160 Å². The second-order valence-corrected chi connectivity index (χ2v) is 6.77. The lowest BCUT2D eigenvalue weighted by Crippen LogP contribution is -2.32. The molecule has 1 amide bonds. The number of benzene rings is 1. The zero-order valence-corrected chi connectivity index (χ0v) is 16.6.